The fourth-order valence-electron chi connectivity index (χ4n) is 2.61. The summed E-state index contributed by atoms with van der Waals surface area (Å²) in [5.74, 6) is 0.309. The third-order valence-corrected chi connectivity index (χ3v) is 5.65. The summed E-state index contributed by atoms with van der Waals surface area (Å²) >= 11 is 0. The molecule has 0 radical (unpaired) electrons. The molecule has 1 saturated heterocycles. The Labute approximate surface area is 127 Å². The highest BCUT2D eigenvalue weighted by Crippen LogP contribution is 2.14. The van der Waals surface area contributed by atoms with Crippen LogP contribution in [-0.4, -0.2) is 38.4 Å². The van der Waals surface area contributed by atoms with E-state index in [4.69, 9.17) is 0 Å². The van der Waals surface area contributed by atoms with Crippen molar-refractivity contribution in [2.45, 2.75) is 32.9 Å². The van der Waals surface area contributed by atoms with E-state index in [1.807, 2.05) is 37.3 Å². The quantitative estimate of drug-likeness (QED) is 0.833. The van der Waals surface area contributed by atoms with Crippen molar-refractivity contribution < 1.29 is 8.42 Å². The van der Waals surface area contributed by atoms with Crippen LogP contribution >= 0.6 is 0 Å². The molecule has 0 saturated carbocycles. The van der Waals surface area contributed by atoms with Crippen LogP contribution in [0.15, 0.2) is 30.3 Å². The average Bonchev–Trinajstić information content (AvgIpc) is 2.48. The normalized spacial score (nSPS) is 23.4. The Balaban J connectivity index is 2.05. The molecular formula is C15H25N3O2S. The molecule has 0 aromatic heterocycles. The van der Waals surface area contributed by atoms with Crippen molar-refractivity contribution in [3.8, 4) is 0 Å². The van der Waals surface area contributed by atoms with Gasteiger partial charge < -0.3 is 5.32 Å². The highest BCUT2D eigenvalue weighted by molar-refractivity contribution is 7.87. The predicted molar refractivity (Wildman–Crippen MR) is 85.0 cm³/mol. The Morgan fingerprint density at radius 1 is 1.33 bits per heavy atom. The van der Waals surface area contributed by atoms with Crippen LogP contribution in [0.2, 0.25) is 0 Å². The number of rotatable bonds is 6. The van der Waals surface area contributed by atoms with E-state index in [2.05, 4.69) is 17.0 Å². The van der Waals surface area contributed by atoms with Gasteiger partial charge in [0.2, 0.25) is 0 Å². The number of piperidine rings is 1. The lowest BCUT2D eigenvalue weighted by molar-refractivity contribution is 0.316. The standard InChI is InChI=1S/C15H25N3O2S/c1-3-18(12-14-7-5-4-6-8-14)21(19,20)17-15-9-10-16-11-13(15)2/h4-8,13,15-17H,3,9-12H2,1-2H3. The molecule has 5 nitrogen and oxygen atoms in total. The van der Waals surface area contributed by atoms with Crippen LogP contribution in [0.3, 0.4) is 0 Å². The molecule has 0 bridgehead atoms. The summed E-state index contributed by atoms with van der Waals surface area (Å²) in [5, 5.41) is 3.28. The summed E-state index contributed by atoms with van der Waals surface area (Å²) in [7, 11) is -3.45. The molecule has 0 aliphatic carbocycles. The van der Waals surface area contributed by atoms with E-state index in [0.717, 1.165) is 25.1 Å². The summed E-state index contributed by atoms with van der Waals surface area (Å²) in [6, 6.07) is 9.71. The number of nitrogens with one attached hydrogen (secondary N) is 2. The highest BCUT2D eigenvalue weighted by Gasteiger charge is 2.28. The van der Waals surface area contributed by atoms with Gasteiger partial charge in [-0.1, -0.05) is 44.2 Å². The zero-order chi connectivity index (χ0) is 15.3. The van der Waals surface area contributed by atoms with E-state index in [1.54, 1.807) is 0 Å². The smallest absolute Gasteiger partial charge is 0.280 e. The third kappa shape index (κ3) is 4.51. The number of hydrogen-bond acceptors (Lipinski definition) is 3. The second kappa shape index (κ2) is 7.35. The summed E-state index contributed by atoms with van der Waals surface area (Å²) in [6.45, 7) is 6.54. The van der Waals surface area contributed by atoms with E-state index >= 15 is 0 Å². The van der Waals surface area contributed by atoms with Gasteiger partial charge in [0.1, 0.15) is 0 Å². The Morgan fingerprint density at radius 2 is 2.05 bits per heavy atom. The lowest BCUT2D eigenvalue weighted by Gasteiger charge is -2.32. The molecule has 0 amide bonds. The lowest BCUT2D eigenvalue weighted by atomic mass is 9.97. The first-order valence-electron chi connectivity index (χ1n) is 7.55. The van der Waals surface area contributed by atoms with Crippen molar-refractivity contribution in [3.63, 3.8) is 0 Å². The lowest BCUT2D eigenvalue weighted by Crippen LogP contribution is -2.52. The third-order valence-electron chi connectivity index (χ3n) is 3.98. The Morgan fingerprint density at radius 3 is 2.67 bits per heavy atom. The van der Waals surface area contributed by atoms with Crippen LogP contribution in [0.1, 0.15) is 25.8 Å². The first-order valence-corrected chi connectivity index (χ1v) is 8.99. The highest BCUT2D eigenvalue weighted by atomic mass is 32.2. The van der Waals surface area contributed by atoms with Gasteiger partial charge in [0, 0.05) is 19.1 Å². The second-order valence-corrected chi connectivity index (χ2v) is 7.31. The summed E-state index contributed by atoms with van der Waals surface area (Å²) in [5.41, 5.74) is 1.00. The second-order valence-electron chi connectivity index (χ2n) is 5.61. The van der Waals surface area contributed by atoms with Gasteiger partial charge in [-0.15, -0.1) is 0 Å². The van der Waals surface area contributed by atoms with Gasteiger partial charge in [0.25, 0.3) is 10.2 Å². The van der Waals surface area contributed by atoms with E-state index in [9.17, 15) is 8.42 Å². The Bertz CT molecular complexity index is 533. The van der Waals surface area contributed by atoms with Crippen molar-refractivity contribution in [1.29, 1.82) is 0 Å². The van der Waals surface area contributed by atoms with Gasteiger partial charge in [-0.25, -0.2) is 0 Å². The maximum absolute atomic E-state index is 12.6. The minimum atomic E-state index is -3.45. The molecular weight excluding hydrogens is 286 g/mol. The first-order chi connectivity index (χ1) is 10.0. The zero-order valence-electron chi connectivity index (χ0n) is 12.7. The largest absolute Gasteiger partial charge is 0.316 e. The fourth-order valence-corrected chi connectivity index (χ4v) is 4.15. The molecule has 2 N–H and O–H groups in total. The van der Waals surface area contributed by atoms with Crippen molar-refractivity contribution >= 4 is 10.2 Å². The molecule has 1 heterocycles. The summed E-state index contributed by atoms with van der Waals surface area (Å²) in [4.78, 5) is 0. The van der Waals surface area contributed by atoms with Gasteiger partial charge in [0.05, 0.1) is 0 Å². The summed E-state index contributed by atoms with van der Waals surface area (Å²) in [6.07, 6.45) is 0.837. The van der Waals surface area contributed by atoms with Gasteiger partial charge in [-0.2, -0.15) is 17.4 Å². The maximum atomic E-state index is 12.6. The van der Waals surface area contributed by atoms with Crippen molar-refractivity contribution in [1.82, 2.24) is 14.3 Å². The van der Waals surface area contributed by atoms with Gasteiger partial charge in [-0.05, 0) is 31.0 Å². The van der Waals surface area contributed by atoms with Crippen molar-refractivity contribution in [3.05, 3.63) is 35.9 Å². The molecule has 1 aromatic carbocycles. The van der Waals surface area contributed by atoms with Crippen LogP contribution in [-0.2, 0) is 16.8 Å². The van der Waals surface area contributed by atoms with Crippen molar-refractivity contribution in [2.24, 2.45) is 5.92 Å². The summed E-state index contributed by atoms with van der Waals surface area (Å²) < 4.78 is 29.5. The van der Waals surface area contributed by atoms with Crippen LogP contribution in [0.5, 0.6) is 0 Å². The molecule has 1 aliphatic rings. The van der Waals surface area contributed by atoms with Gasteiger partial charge >= 0.3 is 0 Å². The van der Waals surface area contributed by atoms with E-state index in [0.29, 0.717) is 19.0 Å². The van der Waals surface area contributed by atoms with E-state index in [1.165, 1.54) is 4.31 Å². The zero-order valence-corrected chi connectivity index (χ0v) is 13.6. The predicted octanol–water partition coefficient (Wildman–Crippen LogP) is 1.34. The maximum Gasteiger partial charge on any atom is 0.280 e. The molecule has 0 spiro atoms. The van der Waals surface area contributed by atoms with Crippen LogP contribution in [0, 0.1) is 5.92 Å². The van der Waals surface area contributed by atoms with Crippen molar-refractivity contribution in [2.75, 3.05) is 19.6 Å². The van der Waals surface area contributed by atoms with Gasteiger partial charge in [0.15, 0.2) is 0 Å². The molecule has 2 rings (SSSR count). The minimum absolute atomic E-state index is 0.0149. The number of benzene rings is 1. The molecule has 1 aromatic rings. The van der Waals surface area contributed by atoms with Crippen LogP contribution in [0.25, 0.3) is 0 Å². The first kappa shape index (κ1) is 16.4. The SMILES string of the molecule is CCN(Cc1ccccc1)S(=O)(=O)NC1CCNCC1C. The van der Waals surface area contributed by atoms with E-state index in [-0.39, 0.29) is 6.04 Å². The molecule has 1 aliphatic heterocycles. The monoisotopic (exact) mass is 311 g/mol. The minimum Gasteiger partial charge on any atom is -0.316 e. The van der Waals surface area contributed by atoms with Gasteiger partial charge in [-0.3, -0.25) is 0 Å². The molecule has 2 atom stereocenters. The topological polar surface area (TPSA) is 61.4 Å². The molecule has 6 heteroatoms. The number of hydrogen-bond donors (Lipinski definition) is 2. The molecule has 118 valence electrons. The Kier molecular flexibility index (Phi) is 5.75. The number of nitrogens with zero attached hydrogens (tertiary/aromatic N) is 1. The molecule has 1 fully saturated rings. The average molecular weight is 311 g/mol. The molecule has 21 heavy (non-hydrogen) atoms. The Hall–Kier alpha value is -0.950. The van der Waals surface area contributed by atoms with Crippen LogP contribution in [0.4, 0.5) is 0 Å². The van der Waals surface area contributed by atoms with Crippen LogP contribution < -0.4 is 10.0 Å². The molecule has 2 unspecified atom stereocenters. The van der Waals surface area contributed by atoms with E-state index < -0.39 is 10.2 Å². The fraction of sp³-hybridized carbons (Fsp3) is 0.600.